The predicted molar refractivity (Wildman–Crippen MR) is 64.3 cm³/mol. The van der Waals surface area contributed by atoms with Gasteiger partial charge in [-0.3, -0.25) is 9.48 Å². The van der Waals surface area contributed by atoms with Crippen LogP contribution in [-0.2, 0) is 7.05 Å². The van der Waals surface area contributed by atoms with E-state index >= 15 is 0 Å². The van der Waals surface area contributed by atoms with Gasteiger partial charge < -0.3 is 10.4 Å². The number of aryl methyl sites for hydroxylation is 1. The average molecular weight is 252 g/mol. The first-order chi connectivity index (χ1) is 8.06. The van der Waals surface area contributed by atoms with E-state index < -0.39 is 0 Å². The molecule has 0 unspecified atom stereocenters. The number of amides is 1. The molecule has 0 aliphatic rings. The quantitative estimate of drug-likeness (QED) is 0.858. The van der Waals surface area contributed by atoms with E-state index in [1.54, 1.807) is 24.0 Å². The average Bonchev–Trinajstić information content (AvgIpc) is 2.68. The number of phenols is 1. The summed E-state index contributed by atoms with van der Waals surface area (Å²) >= 11 is 5.72. The van der Waals surface area contributed by atoms with Gasteiger partial charge >= 0.3 is 0 Å². The number of carbonyl (C=O) groups is 1. The van der Waals surface area contributed by atoms with E-state index in [-0.39, 0.29) is 16.7 Å². The van der Waals surface area contributed by atoms with Crippen LogP contribution in [0.1, 0.15) is 10.4 Å². The first-order valence-electron chi connectivity index (χ1n) is 4.86. The summed E-state index contributed by atoms with van der Waals surface area (Å²) in [6, 6.07) is 5.93. The number of halogens is 1. The normalized spacial score (nSPS) is 10.2. The highest BCUT2D eigenvalue weighted by Gasteiger charge is 2.09. The fourth-order valence-corrected chi connectivity index (χ4v) is 1.50. The maximum atomic E-state index is 11.8. The molecular weight excluding hydrogens is 242 g/mol. The van der Waals surface area contributed by atoms with E-state index in [4.69, 9.17) is 11.6 Å². The summed E-state index contributed by atoms with van der Waals surface area (Å²) in [6.45, 7) is 0. The van der Waals surface area contributed by atoms with Crippen LogP contribution in [0.5, 0.6) is 5.75 Å². The van der Waals surface area contributed by atoms with Gasteiger partial charge in [-0.1, -0.05) is 11.6 Å². The van der Waals surface area contributed by atoms with Crippen molar-refractivity contribution >= 4 is 23.3 Å². The van der Waals surface area contributed by atoms with Crippen molar-refractivity contribution in [1.82, 2.24) is 9.78 Å². The lowest BCUT2D eigenvalue weighted by molar-refractivity contribution is 0.102. The maximum Gasteiger partial charge on any atom is 0.256 e. The van der Waals surface area contributed by atoms with Gasteiger partial charge in [-0.25, -0.2) is 0 Å². The molecule has 0 aliphatic carbocycles. The van der Waals surface area contributed by atoms with Crippen molar-refractivity contribution < 1.29 is 9.90 Å². The van der Waals surface area contributed by atoms with Crippen LogP contribution in [0.3, 0.4) is 0 Å². The number of benzene rings is 1. The first kappa shape index (κ1) is 11.5. The molecule has 1 heterocycles. The highest BCUT2D eigenvalue weighted by Crippen LogP contribution is 2.23. The Bertz CT molecular complexity index is 566. The number of hydrogen-bond acceptors (Lipinski definition) is 3. The number of nitrogens with zero attached hydrogens (tertiary/aromatic N) is 2. The zero-order chi connectivity index (χ0) is 12.4. The summed E-state index contributed by atoms with van der Waals surface area (Å²) in [5.74, 6) is 0.0772. The number of carbonyl (C=O) groups excluding carboxylic acids is 1. The highest BCUT2D eigenvalue weighted by atomic mass is 35.5. The molecule has 0 bridgehead atoms. The molecule has 17 heavy (non-hydrogen) atoms. The van der Waals surface area contributed by atoms with Crippen molar-refractivity contribution in [3.63, 3.8) is 0 Å². The smallest absolute Gasteiger partial charge is 0.256 e. The van der Waals surface area contributed by atoms with Crippen LogP contribution >= 0.6 is 11.6 Å². The fraction of sp³-hybridized carbons (Fsp3) is 0.0909. The number of nitrogens with one attached hydrogen (secondary N) is 1. The zero-order valence-corrected chi connectivity index (χ0v) is 9.77. The van der Waals surface area contributed by atoms with Crippen molar-refractivity contribution in [3.8, 4) is 5.75 Å². The topological polar surface area (TPSA) is 67.2 Å². The van der Waals surface area contributed by atoms with Gasteiger partial charge in [0.2, 0.25) is 0 Å². The van der Waals surface area contributed by atoms with Gasteiger partial charge in [-0.2, -0.15) is 5.10 Å². The summed E-state index contributed by atoms with van der Waals surface area (Å²) in [5.41, 5.74) is 0.360. The third kappa shape index (κ3) is 2.57. The molecule has 0 saturated carbocycles. The van der Waals surface area contributed by atoms with Crippen LogP contribution in [0.2, 0.25) is 5.02 Å². The lowest BCUT2D eigenvalue weighted by atomic mass is 10.2. The number of phenolic OH excluding ortho intramolecular Hbond substituents is 1. The van der Waals surface area contributed by atoms with Crippen molar-refractivity contribution in [3.05, 3.63) is 41.0 Å². The zero-order valence-electron chi connectivity index (χ0n) is 9.01. The molecule has 1 aromatic carbocycles. The Balaban J connectivity index is 2.17. The van der Waals surface area contributed by atoms with Crippen LogP contribution in [-0.4, -0.2) is 20.8 Å². The number of rotatable bonds is 2. The summed E-state index contributed by atoms with van der Waals surface area (Å²) in [7, 11) is 1.76. The van der Waals surface area contributed by atoms with Gasteiger partial charge in [-0.05, 0) is 18.2 Å². The fourth-order valence-electron chi connectivity index (χ4n) is 1.32. The van der Waals surface area contributed by atoms with Crippen LogP contribution in [0, 0.1) is 0 Å². The number of anilines is 1. The van der Waals surface area contributed by atoms with E-state index in [1.165, 1.54) is 18.2 Å². The Morgan fingerprint density at radius 3 is 2.82 bits per heavy atom. The second-order valence-corrected chi connectivity index (χ2v) is 3.90. The van der Waals surface area contributed by atoms with Crippen LogP contribution < -0.4 is 5.32 Å². The molecular formula is C11H10ClN3O2. The summed E-state index contributed by atoms with van der Waals surface area (Å²) < 4.78 is 1.58. The Labute approximate surface area is 103 Å². The molecule has 2 aromatic rings. The second-order valence-electron chi connectivity index (χ2n) is 3.49. The Kier molecular flexibility index (Phi) is 3.01. The van der Waals surface area contributed by atoms with Crippen LogP contribution in [0.25, 0.3) is 0 Å². The van der Waals surface area contributed by atoms with Gasteiger partial charge in [0.1, 0.15) is 5.75 Å². The third-order valence-corrected chi connectivity index (χ3v) is 2.47. The number of aromatic hydroxyl groups is 1. The van der Waals surface area contributed by atoms with Crippen LogP contribution in [0.4, 0.5) is 5.82 Å². The minimum absolute atomic E-state index is 0.0546. The second kappa shape index (κ2) is 4.47. The first-order valence-corrected chi connectivity index (χ1v) is 5.23. The van der Waals surface area contributed by atoms with Crippen molar-refractivity contribution in [2.75, 3.05) is 5.32 Å². The summed E-state index contributed by atoms with van der Waals surface area (Å²) in [4.78, 5) is 11.8. The van der Waals surface area contributed by atoms with Gasteiger partial charge in [0.15, 0.2) is 5.82 Å². The molecule has 6 heteroatoms. The molecule has 2 N–H and O–H groups in total. The predicted octanol–water partition coefficient (Wildman–Crippen LogP) is 2.03. The molecule has 0 spiro atoms. The van der Waals surface area contributed by atoms with E-state index in [0.717, 1.165) is 0 Å². The molecule has 5 nitrogen and oxygen atoms in total. The molecule has 0 saturated heterocycles. The minimum Gasteiger partial charge on any atom is -0.506 e. The molecule has 0 atom stereocenters. The standard InChI is InChI=1S/C11H10ClN3O2/c1-15-5-4-10(14-15)13-11(17)7-2-3-9(16)8(12)6-7/h2-6,16H,1H3,(H,13,14,17). The molecule has 1 aromatic heterocycles. The van der Waals surface area contributed by atoms with Crippen LogP contribution in [0.15, 0.2) is 30.5 Å². The van der Waals surface area contributed by atoms with Crippen molar-refractivity contribution in [2.45, 2.75) is 0 Å². The summed E-state index contributed by atoms with van der Waals surface area (Å²) in [5, 5.41) is 16.0. The third-order valence-electron chi connectivity index (χ3n) is 2.17. The van der Waals surface area contributed by atoms with E-state index in [2.05, 4.69) is 10.4 Å². The highest BCUT2D eigenvalue weighted by molar-refractivity contribution is 6.32. The minimum atomic E-state index is -0.328. The molecule has 0 aliphatic heterocycles. The Morgan fingerprint density at radius 2 is 2.24 bits per heavy atom. The van der Waals surface area contributed by atoms with E-state index in [9.17, 15) is 9.90 Å². The van der Waals surface area contributed by atoms with Crippen molar-refractivity contribution in [2.24, 2.45) is 7.05 Å². The molecule has 0 fully saturated rings. The Hall–Kier alpha value is -2.01. The summed E-state index contributed by atoms with van der Waals surface area (Å²) in [6.07, 6.45) is 1.72. The van der Waals surface area contributed by atoms with Gasteiger partial charge in [0.25, 0.3) is 5.91 Å². The Morgan fingerprint density at radius 1 is 1.47 bits per heavy atom. The van der Waals surface area contributed by atoms with E-state index in [0.29, 0.717) is 11.4 Å². The lowest BCUT2D eigenvalue weighted by Gasteiger charge is -2.03. The van der Waals surface area contributed by atoms with Gasteiger partial charge in [0.05, 0.1) is 5.02 Å². The lowest BCUT2D eigenvalue weighted by Crippen LogP contribution is -2.12. The van der Waals surface area contributed by atoms with Gasteiger partial charge in [-0.15, -0.1) is 0 Å². The van der Waals surface area contributed by atoms with Crippen molar-refractivity contribution in [1.29, 1.82) is 0 Å². The number of hydrogen-bond donors (Lipinski definition) is 2. The van der Waals surface area contributed by atoms with Gasteiger partial charge in [0, 0.05) is 24.9 Å². The monoisotopic (exact) mass is 251 g/mol. The van der Waals surface area contributed by atoms with E-state index in [1.807, 2.05) is 0 Å². The molecule has 0 radical (unpaired) electrons. The SMILES string of the molecule is Cn1ccc(NC(=O)c2ccc(O)c(Cl)c2)n1. The molecule has 88 valence electrons. The largest absolute Gasteiger partial charge is 0.506 e. The molecule has 1 amide bonds. The number of aromatic nitrogens is 2. The maximum absolute atomic E-state index is 11.8. The molecule has 2 rings (SSSR count).